The molecule has 0 spiro atoms. The second-order valence-electron chi connectivity index (χ2n) is 5.47. The van der Waals surface area contributed by atoms with Gasteiger partial charge in [0.2, 0.25) is 5.91 Å². The minimum atomic E-state index is -0.497. The molecule has 0 fully saturated rings. The number of carbonyl (C=O) groups is 2. The lowest BCUT2D eigenvalue weighted by molar-refractivity contribution is -0.118. The standard InChI is InChI=1S/C12H19N3O3/c1-12(2,3)18-11(17)15-5-4-8-9(6-15)13-7-14-10(8)16/h13H,4-7H2,1-3H3,(H,14,16). The smallest absolute Gasteiger partial charge is 0.410 e. The van der Waals surface area contributed by atoms with E-state index in [0.717, 1.165) is 11.3 Å². The van der Waals surface area contributed by atoms with Crippen LogP contribution in [0.5, 0.6) is 0 Å². The summed E-state index contributed by atoms with van der Waals surface area (Å²) in [4.78, 5) is 25.1. The molecular weight excluding hydrogens is 234 g/mol. The Bertz CT molecular complexity index is 409. The summed E-state index contributed by atoms with van der Waals surface area (Å²) in [5, 5.41) is 5.82. The molecule has 6 nitrogen and oxygen atoms in total. The molecule has 2 amide bonds. The van der Waals surface area contributed by atoms with Gasteiger partial charge in [0, 0.05) is 17.8 Å². The third kappa shape index (κ3) is 2.75. The van der Waals surface area contributed by atoms with E-state index in [0.29, 0.717) is 26.2 Å². The van der Waals surface area contributed by atoms with Crippen molar-refractivity contribution in [3.05, 3.63) is 11.3 Å². The molecule has 2 N–H and O–H groups in total. The number of rotatable bonds is 0. The summed E-state index contributed by atoms with van der Waals surface area (Å²) in [5.74, 6) is -0.0346. The Labute approximate surface area is 106 Å². The van der Waals surface area contributed by atoms with Crippen molar-refractivity contribution in [1.82, 2.24) is 15.5 Å². The van der Waals surface area contributed by atoms with Crippen LogP contribution in [0.1, 0.15) is 27.2 Å². The van der Waals surface area contributed by atoms with Gasteiger partial charge in [-0.1, -0.05) is 0 Å². The molecule has 0 saturated heterocycles. The average Bonchev–Trinajstić information content (AvgIpc) is 2.26. The summed E-state index contributed by atoms with van der Waals surface area (Å²) in [6.45, 7) is 6.86. The first-order valence-corrected chi connectivity index (χ1v) is 6.09. The van der Waals surface area contributed by atoms with Crippen molar-refractivity contribution in [2.24, 2.45) is 0 Å². The van der Waals surface area contributed by atoms with Crippen LogP contribution in [-0.4, -0.2) is 42.3 Å². The number of hydrogen-bond acceptors (Lipinski definition) is 4. The largest absolute Gasteiger partial charge is 0.444 e. The minimum Gasteiger partial charge on any atom is -0.444 e. The molecule has 0 radical (unpaired) electrons. The predicted octanol–water partition coefficient (Wildman–Crippen LogP) is 0.558. The molecule has 6 heteroatoms. The van der Waals surface area contributed by atoms with Crippen molar-refractivity contribution in [2.75, 3.05) is 19.8 Å². The number of nitrogens with one attached hydrogen (secondary N) is 2. The van der Waals surface area contributed by atoms with Gasteiger partial charge in [0.15, 0.2) is 0 Å². The maximum absolute atomic E-state index is 11.9. The van der Waals surface area contributed by atoms with Crippen LogP contribution in [-0.2, 0) is 9.53 Å². The lowest BCUT2D eigenvalue weighted by Gasteiger charge is -2.34. The molecule has 2 aliphatic rings. The first kappa shape index (κ1) is 12.7. The summed E-state index contributed by atoms with van der Waals surface area (Å²) >= 11 is 0. The van der Waals surface area contributed by atoms with Gasteiger partial charge < -0.3 is 20.3 Å². The van der Waals surface area contributed by atoms with Gasteiger partial charge in [-0.25, -0.2) is 4.79 Å². The Morgan fingerprint density at radius 3 is 2.72 bits per heavy atom. The predicted molar refractivity (Wildman–Crippen MR) is 65.6 cm³/mol. The molecule has 18 heavy (non-hydrogen) atoms. The zero-order chi connectivity index (χ0) is 13.3. The van der Waals surface area contributed by atoms with Crippen LogP contribution in [0.2, 0.25) is 0 Å². The van der Waals surface area contributed by atoms with Crippen molar-refractivity contribution in [1.29, 1.82) is 0 Å². The van der Waals surface area contributed by atoms with Crippen LogP contribution in [0.4, 0.5) is 4.79 Å². The molecule has 0 unspecified atom stereocenters. The second kappa shape index (κ2) is 4.51. The van der Waals surface area contributed by atoms with Crippen molar-refractivity contribution < 1.29 is 14.3 Å². The number of ether oxygens (including phenoxy) is 1. The lowest BCUT2D eigenvalue weighted by Crippen LogP contribution is -2.50. The van der Waals surface area contributed by atoms with Gasteiger partial charge in [-0.15, -0.1) is 0 Å². The Morgan fingerprint density at radius 1 is 1.33 bits per heavy atom. The third-order valence-electron chi connectivity index (χ3n) is 2.82. The monoisotopic (exact) mass is 253 g/mol. The van der Waals surface area contributed by atoms with E-state index in [1.807, 2.05) is 20.8 Å². The Balaban J connectivity index is 2.04. The van der Waals surface area contributed by atoms with Crippen molar-refractivity contribution in [3.63, 3.8) is 0 Å². The van der Waals surface area contributed by atoms with Gasteiger partial charge in [0.1, 0.15) is 5.60 Å². The normalized spacial score (nSPS) is 19.9. The molecule has 2 heterocycles. The highest BCUT2D eigenvalue weighted by Crippen LogP contribution is 2.20. The fraction of sp³-hybridized carbons (Fsp3) is 0.667. The summed E-state index contributed by atoms with van der Waals surface area (Å²) in [7, 11) is 0. The summed E-state index contributed by atoms with van der Waals surface area (Å²) in [5.41, 5.74) is 1.08. The van der Waals surface area contributed by atoms with Gasteiger partial charge in [-0.05, 0) is 27.2 Å². The van der Waals surface area contributed by atoms with E-state index in [-0.39, 0.29) is 12.0 Å². The van der Waals surface area contributed by atoms with E-state index in [2.05, 4.69) is 10.6 Å². The van der Waals surface area contributed by atoms with E-state index in [4.69, 9.17) is 4.74 Å². The van der Waals surface area contributed by atoms with E-state index in [1.165, 1.54) is 0 Å². The van der Waals surface area contributed by atoms with Gasteiger partial charge in [-0.2, -0.15) is 0 Å². The van der Waals surface area contributed by atoms with Crippen LogP contribution in [0, 0.1) is 0 Å². The highest BCUT2D eigenvalue weighted by atomic mass is 16.6. The van der Waals surface area contributed by atoms with Crippen LogP contribution in [0.3, 0.4) is 0 Å². The SMILES string of the molecule is CC(C)(C)OC(=O)N1CCC2=C(C1)NCNC2=O. The zero-order valence-corrected chi connectivity index (χ0v) is 11.0. The second-order valence-corrected chi connectivity index (χ2v) is 5.47. The molecule has 0 atom stereocenters. The molecule has 100 valence electrons. The first-order valence-electron chi connectivity index (χ1n) is 6.09. The fourth-order valence-electron chi connectivity index (χ4n) is 2.00. The van der Waals surface area contributed by atoms with Crippen LogP contribution in [0.15, 0.2) is 11.3 Å². The Kier molecular flexibility index (Phi) is 3.19. The topological polar surface area (TPSA) is 70.7 Å². The molecule has 2 aliphatic heterocycles. The maximum Gasteiger partial charge on any atom is 0.410 e. The van der Waals surface area contributed by atoms with Crippen molar-refractivity contribution >= 4 is 12.0 Å². The zero-order valence-electron chi connectivity index (χ0n) is 11.0. The van der Waals surface area contributed by atoms with Gasteiger partial charge >= 0.3 is 6.09 Å². The average molecular weight is 253 g/mol. The number of amides is 2. The molecule has 2 rings (SSSR count). The van der Waals surface area contributed by atoms with E-state index in [1.54, 1.807) is 4.90 Å². The summed E-state index contributed by atoms with van der Waals surface area (Å²) < 4.78 is 5.32. The molecule has 0 aromatic rings. The van der Waals surface area contributed by atoms with E-state index < -0.39 is 5.60 Å². The first-order chi connectivity index (χ1) is 8.37. The molecule has 0 saturated carbocycles. The summed E-state index contributed by atoms with van der Waals surface area (Å²) in [6, 6.07) is 0. The van der Waals surface area contributed by atoms with E-state index in [9.17, 15) is 9.59 Å². The minimum absolute atomic E-state index is 0.0346. The van der Waals surface area contributed by atoms with Gasteiger partial charge in [0.05, 0.1) is 13.2 Å². The summed E-state index contributed by atoms with van der Waals surface area (Å²) in [6.07, 6.45) is 0.231. The van der Waals surface area contributed by atoms with Crippen molar-refractivity contribution in [3.8, 4) is 0 Å². The Hall–Kier alpha value is -1.72. The van der Waals surface area contributed by atoms with Gasteiger partial charge in [0.25, 0.3) is 0 Å². The quantitative estimate of drug-likeness (QED) is 0.661. The molecule has 0 aromatic heterocycles. The number of carbonyl (C=O) groups excluding carboxylic acids is 2. The van der Waals surface area contributed by atoms with Crippen LogP contribution >= 0.6 is 0 Å². The van der Waals surface area contributed by atoms with E-state index >= 15 is 0 Å². The van der Waals surface area contributed by atoms with Crippen LogP contribution in [0.25, 0.3) is 0 Å². The van der Waals surface area contributed by atoms with Crippen molar-refractivity contribution in [2.45, 2.75) is 32.8 Å². The maximum atomic E-state index is 11.9. The molecule has 0 aliphatic carbocycles. The fourth-order valence-corrected chi connectivity index (χ4v) is 2.00. The number of nitrogens with zero attached hydrogens (tertiary/aromatic N) is 1. The van der Waals surface area contributed by atoms with Crippen LogP contribution < -0.4 is 10.6 Å². The van der Waals surface area contributed by atoms with Gasteiger partial charge in [-0.3, -0.25) is 4.79 Å². The molecular formula is C12H19N3O3. The third-order valence-corrected chi connectivity index (χ3v) is 2.82. The number of hydrogen-bond donors (Lipinski definition) is 2. The lowest BCUT2D eigenvalue weighted by atomic mass is 10.0. The molecule has 0 aromatic carbocycles. The highest BCUT2D eigenvalue weighted by Gasteiger charge is 2.30. The molecule has 0 bridgehead atoms. The highest BCUT2D eigenvalue weighted by molar-refractivity contribution is 5.95. The Morgan fingerprint density at radius 2 is 2.06 bits per heavy atom.